The van der Waals surface area contributed by atoms with Crippen LogP contribution < -0.4 is 15.4 Å². The van der Waals surface area contributed by atoms with E-state index in [9.17, 15) is 10.1 Å². The van der Waals surface area contributed by atoms with E-state index >= 15 is 0 Å². The summed E-state index contributed by atoms with van der Waals surface area (Å²) in [6.45, 7) is 4.79. The normalized spacial score (nSPS) is 13.0. The number of non-ortho nitro benzene ring substituents is 1. The number of aliphatic imine (C=N–C) groups is 1. The summed E-state index contributed by atoms with van der Waals surface area (Å²) in [5, 5.41) is 17.3. The van der Waals surface area contributed by atoms with E-state index in [1.807, 2.05) is 13.0 Å². The fraction of sp³-hybridized carbons (Fsp3) is 0.350. The molecule has 0 atom stereocenters. The molecule has 1 heterocycles. The molecule has 0 radical (unpaired) electrons. The Morgan fingerprint density at radius 2 is 1.96 bits per heavy atom. The highest BCUT2D eigenvalue weighted by molar-refractivity contribution is 5.79. The molecule has 0 aromatic heterocycles. The first-order valence-corrected chi connectivity index (χ1v) is 9.16. The van der Waals surface area contributed by atoms with E-state index < -0.39 is 4.92 Å². The summed E-state index contributed by atoms with van der Waals surface area (Å²) < 4.78 is 5.54. The number of nitro groups is 1. The Balaban J connectivity index is 1.53. The maximum absolute atomic E-state index is 10.7. The minimum atomic E-state index is -0.399. The SMILES string of the molecule is CCNC(=NCc1ccc([N+](=O)[O-])cc1)NCCc1ccc2c(c1)CCO2. The van der Waals surface area contributed by atoms with Crippen LogP contribution in [-0.2, 0) is 19.4 Å². The molecule has 0 spiro atoms. The zero-order valence-corrected chi connectivity index (χ0v) is 15.4. The number of guanidine groups is 1. The monoisotopic (exact) mass is 368 g/mol. The molecule has 0 saturated carbocycles. The third-order valence-corrected chi connectivity index (χ3v) is 4.37. The van der Waals surface area contributed by atoms with Crippen LogP contribution in [0.1, 0.15) is 23.6 Å². The van der Waals surface area contributed by atoms with Crippen LogP contribution in [0.4, 0.5) is 5.69 Å². The van der Waals surface area contributed by atoms with Gasteiger partial charge in [0.1, 0.15) is 5.75 Å². The van der Waals surface area contributed by atoms with Crippen molar-refractivity contribution in [3.8, 4) is 5.75 Å². The Labute approximate surface area is 158 Å². The van der Waals surface area contributed by atoms with Crippen LogP contribution in [0.3, 0.4) is 0 Å². The van der Waals surface area contributed by atoms with Crippen molar-refractivity contribution in [2.24, 2.45) is 4.99 Å². The second kappa shape index (κ2) is 9.02. The molecule has 2 N–H and O–H groups in total. The Morgan fingerprint density at radius 1 is 1.19 bits per heavy atom. The fourth-order valence-electron chi connectivity index (χ4n) is 2.96. The van der Waals surface area contributed by atoms with Crippen LogP contribution >= 0.6 is 0 Å². The molecular formula is C20H24N4O3. The van der Waals surface area contributed by atoms with Gasteiger partial charge in [0.25, 0.3) is 5.69 Å². The van der Waals surface area contributed by atoms with Gasteiger partial charge < -0.3 is 15.4 Å². The molecule has 3 rings (SSSR count). The topological polar surface area (TPSA) is 88.8 Å². The van der Waals surface area contributed by atoms with E-state index in [2.05, 4.69) is 27.8 Å². The molecule has 0 amide bonds. The van der Waals surface area contributed by atoms with Gasteiger partial charge in [-0.1, -0.05) is 24.3 Å². The number of nitrogens with one attached hydrogen (secondary N) is 2. The number of ether oxygens (including phenoxy) is 1. The summed E-state index contributed by atoms with van der Waals surface area (Å²) >= 11 is 0. The number of rotatable bonds is 7. The summed E-state index contributed by atoms with van der Waals surface area (Å²) in [6, 6.07) is 12.8. The van der Waals surface area contributed by atoms with Crippen molar-refractivity contribution in [3.05, 3.63) is 69.3 Å². The third kappa shape index (κ3) is 5.20. The fourth-order valence-corrected chi connectivity index (χ4v) is 2.96. The van der Waals surface area contributed by atoms with Crippen molar-refractivity contribution >= 4 is 11.6 Å². The van der Waals surface area contributed by atoms with E-state index in [0.717, 1.165) is 49.8 Å². The first kappa shape index (κ1) is 18.7. The van der Waals surface area contributed by atoms with E-state index in [0.29, 0.717) is 6.54 Å². The number of hydrogen-bond acceptors (Lipinski definition) is 4. The van der Waals surface area contributed by atoms with Crippen LogP contribution in [-0.4, -0.2) is 30.6 Å². The predicted octanol–water partition coefficient (Wildman–Crippen LogP) is 2.83. The zero-order chi connectivity index (χ0) is 19.1. The van der Waals surface area contributed by atoms with Crippen LogP contribution in [0.15, 0.2) is 47.5 Å². The Morgan fingerprint density at radius 3 is 2.70 bits per heavy atom. The average Bonchev–Trinajstić information content (AvgIpc) is 3.14. The van der Waals surface area contributed by atoms with E-state index in [4.69, 9.17) is 4.74 Å². The van der Waals surface area contributed by atoms with Gasteiger partial charge in [0.15, 0.2) is 5.96 Å². The molecule has 0 fully saturated rings. The molecule has 0 saturated heterocycles. The Kier molecular flexibility index (Phi) is 6.25. The molecule has 0 aliphatic carbocycles. The molecule has 27 heavy (non-hydrogen) atoms. The lowest BCUT2D eigenvalue weighted by atomic mass is 10.1. The van der Waals surface area contributed by atoms with E-state index in [-0.39, 0.29) is 5.69 Å². The van der Waals surface area contributed by atoms with Gasteiger partial charge in [-0.2, -0.15) is 0 Å². The average molecular weight is 368 g/mol. The van der Waals surface area contributed by atoms with Gasteiger partial charge in [0, 0.05) is 31.6 Å². The highest BCUT2D eigenvalue weighted by atomic mass is 16.6. The standard InChI is InChI=1S/C20H24N4O3/c1-2-21-20(23-14-16-3-6-18(7-4-16)24(25)26)22-11-9-15-5-8-19-17(13-15)10-12-27-19/h3-8,13H,2,9-12,14H2,1H3,(H2,21,22,23). The highest BCUT2D eigenvalue weighted by Crippen LogP contribution is 2.25. The molecule has 1 aliphatic rings. The molecular weight excluding hydrogens is 344 g/mol. The molecule has 7 nitrogen and oxygen atoms in total. The van der Waals surface area contributed by atoms with Crippen molar-refractivity contribution in [2.75, 3.05) is 19.7 Å². The van der Waals surface area contributed by atoms with Crippen LogP contribution in [0.5, 0.6) is 5.75 Å². The zero-order valence-electron chi connectivity index (χ0n) is 15.4. The lowest BCUT2D eigenvalue weighted by molar-refractivity contribution is -0.384. The second-order valence-electron chi connectivity index (χ2n) is 6.34. The van der Waals surface area contributed by atoms with Crippen molar-refractivity contribution in [3.63, 3.8) is 0 Å². The van der Waals surface area contributed by atoms with Gasteiger partial charge in [-0.3, -0.25) is 10.1 Å². The smallest absolute Gasteiger partial charge is 0.269 e. The van der Waals surface area contributed by atoms with Gasteiger partial charge in [0.2, 0.25) is 0 Å². The molecule has 2 aromatic carbocycles. The second-order valence-corrected chi connectivity index (χ2v) is 6.34. The van der Waals surface area contributed by atoms with Crippen molar-refractivity contribution in [1.29, 1.82) is 0 Å². The van der Waals surface area contributed by atoms with Gasteiger partial charge in [-0.05, 0) is 36.1 Å². The summed E-state index contributed by atoms with van der Waals surface area (Å²) in [5.74, 6) is 1.74. The largest absolute Gasteiger partial charge is 0.493 e. The first-order valence-electron chi connectivity index (χ1n) is 9.16. The van der Waals surface area contributed by atoms with Crippen LogP contribution in [0, 0.1) is 10.1 Å². The summed E-state index contributed by atoms with van der Waals surface area (Å²) in [7, 11) is 0. The number of benzene rings is 2. The minimum absolute atomic E-state index is 0.0903. The van der Waals surface area contributed by atoms with Gasteiger partial charge in [-0.15, -0.1) is 0 Å². The van der Waals surface area contributed by atoms with Crippen LogP contribution in [0.25, 0.3) is 0 Å². The quantitative estimate of drug-likeness (QED) is 0.340. The van der Waals surface area contributed by atoms with Crippen LogP contribution in [0.2, 0.25) is 0 Å². The number of nitro benzene ring substituents is 1. The number of fused-ring (bicyclic) bond motifs is 1. The molecule has 0 bridgehead atoms. The molecule has 142 valence electrons. The van der Waals surface area contributed by atoms with Gasteiger partial charge in [0.05, 0.1) is 18.1 Å². The minimum Gasteiger partial charge on any atom is -0.493 e. The van der Waals surface area contributed by atoms with Crippen molar-refractivity contribution < 1.29 is 9.66 Å². The number of hydrogen-bond donors (Lipinski definition) is 2. The maximum Gasteiger partial charge on any atom is 0.269 e. The predicted molar refractivity (Wildman–Crippen MR) is 105 cm³/mol. The van der Waals surface area contributed by atoms with Crippen molar-refractivity contribution in [1.82, 2.24) is 10.6 Å². The molecule has 7 heteroatoms. The van der Waals surface area contributed by atoms with Gasteiger partial charge in [-0.25, -0.2) is 4.99 Å². The molecule has 0 unspecified atom stereocenters. The molecule has 1 aliphatic heterocycles. The Bertz CT molecular complexity index is 818. The van der Waals surface area contributed by atoms with E-state index in [1.165, 1.54) is 23.3 Å². The van der Waals surface area contributed by atoms with E-state index in [1.54, 1.807) is 12.1 Å². The summed E-state index contributed by atoms with van der Waals surface area (Å²) in [5.41, 5.74) is 3.58. The Hall–Kier alpha value is -3.09. The van der Waals surface area contributed by atoms with Crippen molar-refractivity contribution in [2.45, 2.75) is 26.3 Å². The van der Waals surface area contributed by atoms with Gasteiger partial charge >= 0.3 is 0 Å². The molecule has 2 aromatic rings. The lowest BCUT2D eigenvalue weighted by Gasteiger charge is -2.11. The lowest BCUT2D eigenvalue weighted by Crippen LogP contribution is -2.38. The number of nitrogens with zero attached hydrogens (tertiary/aromatic N) is 2. The maximum atomic E-state index is 10.7. The highest BCUT2D eigenvalue weighted by Gasteiger charge is 2.11. The summed E-state index contributed by atoms with van der Waals surface area (Å²) in [4.78, 5) is 14.9. The third-order valence-electron chi connectivity index (χ3n) is 4.37. The summed E-state index contributed by atoms with van der Waals surface area (Å²) in [6.07, 6.45) is 1.88. The first-order chi connectivity index (χ1) is 13.2.